The summed E-state index contributed by atoms with van der Waals surface area (Å²) < 4.78 is 14.2. The first-order valence-corrected chi connectivity index (χ1v) is 13.0. The van der Waals surface area contributed by atoms with Gasteiger partial charge >= 0.3 is 0 Å². The van der Waals surface area contributed by atoms with Gasteiger partial charge in [-0.25, -0.2) is 4.39 Å². The minimum absolute atomic E-state index is 0.0969. The Morgan fingerprint density at radius 1 is 1.06 bits per heavy atom. The predicted molar refractivity (Wildman–Crippen MR) is 122 cm³/mol. The van der Waals surface area contributed by atoms with Gasteiger partial charge in [-0.2, -0.15) is 0 Å². The maximum absolute atomic E-state index is 14.2. The Kier molecular flexibility index (Phi) is 7.30. The number of hydrogen-bond donors (Lipinski definition) is 3. The van der Waals surface area contributed by atoms with Crippen LogP contribution < -0.4 is 10.6 Å². The molecule has 4 rings (SSSR count). The van der Waals surface area contributed by atoms with Crippen molar-refractivity contribution in [1.29, 1.82) is 0 Å². The van der Waals surface area contributed by atoms with Crippen LogP contribution in [0.25, 0.3) is 0 Å². The normalized spacial score (nSPS) is 39.7. The van der Waals surface area contributed by atoms with Gasteiger partial charge in [0.25, 0.3) is 0 Å². The van der Waals surface area contributed by atoms with E-state index in [9.17, 15) is 14.3 Å². The van der Waals surface area contributed by atoms with Gasteiger partial charge in [0, 0.05) is 11.7 Å². The lowest BCUT2D eigenvalue weighted by Gasteiger charge is -2.49. The van der Waals surface area contributed by atoms with Crippen molar-refractivity contribution in [3.63, 3.8) is 0 Å². The zero-order valence-electron chi connectivity index (χ0n) is 19.7. The van der Waals surface area contributed by atoms with Crippen molar-refractivity contribution in [2.45, 2.75) is 116 Å². The van der Waals surface area contributed by atoms with Crippen LogP contribution in [0.4, 0.5) is 4.39 Å². The van der Waals surface area contributed by atoms with Gasteiger partial charge in [-0.15, -0.1) is 0 Å². The smallest absolute Gasteiger partial charge is 0.243 e. The van der Waals surface area contributed by atoms with Crippen molar-refractivity contribution < 1.29 is 14.3 Å². The van der Waals surface area contributed by atoms with Gasteiger partial charge in [-0.05, 0) is 86.5 Å². The Labute approximate surface area is 187 Å². The summed E-state index contributed by atoms with van der Waals surface area (Å²) in [5.41, 5.74) is 2.70. The van der Waals surface area contributed by atoms with Crippen LogP contribution in [0.15, 0.2) is 11.3 Å². The number of carbonyl (C=O) groups excluding carboxylic acids is 1. The van der Waals surface area contributed by atoms with Crippen molar-refractivity contribution >= 4 is 5.91 Å². The molecule has 176 valence electrons. The van der Waals surface area contributed by atoms with Gasteiger partial charge in [0.1, 0.15) is 12.2 Å². The number of allylic oxidation sites excluding steroid dienone is 2. The molecule has 0 aromatic rings. The largest absolute Gasteiger partial charge is 0.393 e. The van der Waals surface area contributed by atoms with E-state index in [1.165, 1.54) is 30.5 Å². The third kappa shape index (κ3) is 4.96. The molecule has 1 heterocycles. The van der Waals surface area contributed by atoms with E-state index in [0.717, 1.165) is 38.5 Å². The van der Waals surface area contributed by atoms with E-state index < -0.39 is 6.17 Å². The first-order chi connectivity index (χ1) is 14.8. The highest BCUT2D eigenvalue weighted by Gasteiger charge is 2.47. The number of rotatable bonds is 4. The third-order valence-electron chi connectivity index (χ3n) is 8.64. The number of amides is 1. The number of aliphatic hydroxyl groups excluding tert-OH is 1. The van der Waals surface area contributed by atoms with Gasteiger partial charge in [0.05, 0.1) is 6.10 Å². The highest BCUT2D eigenvalue weighted by atomic mass is 19.1. The lowest BCUT2D eigenvalue weighted by Crippen LogP contribution is -2.58. The highest BCUT2D eigenvalue weighted by molar-refractivity contribution is 5.83. The Balaban J connectivity index is 1.61. The minimum Gasteiger partial charge on any atom is -0.393 e. The predicted octanol–water partition coefficient (Wildman–Crippen LogP) is 4.87. The highest BCUT2D eigenvalue weighted by Crippen LogP contribution is 2.49. The molecule has 0 aromatic carbocycles. The Bertz CT molecular complexity index is 672. The van der Waals surface area contributed by atoms with Crippen LogP contribution in [0.5, 0.6) is 0 Å². The fourth-order valence-corrected chi connectivity index (χ4v) is 6.96. The zero-order valence-corrected chi connectivity index (χ0v) is 19.7. The van der Waals surface area contributed by atoms with Crippen LogP contribution >= 0.6 is 0 Å². The summed E-state index contributed by atoms with van der Waals surface area (Å²) in [6.45, 7) is 6.46. The molecule has 31 heavy (non-hydrogen) atoms. The summed E-state index contributed by atoms with van der Waals surface area (Å²) in [4.78, 5) is 13.4. The van der Waals surface area contributed by atoms with E-state index in [2.05, 4.69) is 24.5 Å². The molecule has 0 spiro atoms. The Morgan fingerprint density at radius 2 is 1.81 bits per heavy atom. The standard InChI is InChI=1S/C26H43FN2O2/c1-15(2)24-23(17-9-12-22(27)16(3)13-17)20-11-10-19(30)14-21(20)25(29-24)26(31)28-18-7-5-4-6-8-18/h15-22,25,29-30H,4-14H2,1-3H3,(H,28,31). The van der Waals surface area contributed by atoms with E-state index in [1.54, 1.807) is 0 Å². The molecule has 1 amide bonds. The van der Waals surface area contributed by atoms with E-state index in [0.29, 0.717) is 36.6 Å². The van der Waals surface area contributed by atoms with Crippen LogP contribution in [-0.4, -0.2) is 35.4 Å². The molecule has 3 fully saturated rings. The second-order valence-electron chi connectivity index (χ2n) is 11.2. The summed E-state index contributed by atoms with van der Waals surface area (Å²) >= 11 is 0. The van der Waals surface area contributed by atoms with Crippen molar-refractivity contribution in [2.75, 3.05) is 0 Å². The summed E-state index contributed by atoms with van der Waals surface area (Å²) in [5.74, 6) is 1.39. The molecule has 7 unspecified atom stereocenters. The van der Waals surface area contributed by atoms with Crippen LogP contribution in [0, 0.1) is 29.6 Å². The van der Waals surface area contributed by atoms with Crippen LogP contribution in [0.3, 0.4) is 0 Å². The lowest BCUT2D eigenvalue weighted by atomic mass is 9.62. The molecule has 0 aromatic heterocycles. The summed E-state index contributed by atoms with van der Waals surface area (Å²) in [6, 6.07) is 0.0292. The first-order valence-electron chi connectivity index (χ1n) is 13.0. The van der Waals surface area contributed by atoms with Crippen molar-refractivity contribution in [3.8, 4) is 0 Å². The second kappa shape index (κ2) is 9.80. The van der Waals surface area contributed by atoms with E-state index in [-0.39, 0.29) is 29.9 Å². The number of hydrogen-bond acceptors (Lipinski definition) is 3. The summed E-state index contributed by atoms with van der Waals surface area (Å²) in [7, 11) is 0. The topological polar surface area (TPSA) is 61.4 Å². The minimum atomic E-state index is -0.686. The van der Waals surface area contributed by atoms with Crippen LogP contribution in [0.2, 0.25) is 0 Å². The monoisotopic (exact) mass is 434 g/mol. The molecule has 0 saturated heterocycles. The molecule has 3 aliphatic carbocycles. The third-order valence-corrected chi connectivity index (χ3v) is 8.64. The zero-order chi connectivity index (χ0) is 22.1. The van der Waals surface area contributed by atoms with E-state index in [4.69, 9.17) is 0 Å². The average Bonchev–Trinajstić information content (AvgIpc) is 2.75. The number of aliphatic hydroxyl groups is 1. The van der Waals surface area contributed by atoms with E-state index >= 15 is 0 Å². The van der Waals surface area contributed by atoms with Gasteiger partial charge in [-0.3, -0.25) is 4.79 Å². The molecule has 7 atom stereocenters. The maximum Gasteiger partial charge on any atom is 0.243 e. The summed E-state index contributed by atoms with van der Waals surface area (Å²) in [5, 5.41) is 17.5. The second-order valence-corrected chi connectivity index (χ2v) is 11.2. The molecule has 3 N–H and O–H groups in total. The van der Waals surface area contributed by atoms with E-state index in [1.807, 2.05) is 6.92 Å². The van der Waals surface area contributed by atoms with Gasteiger partial charge in [-0.1, -0.05) is 40.0 Å². The number of nitrogens with one attached hydrogen (secondary N) is 2. The number of alkyl halides is 1. The van der Waals surface area contributed by atoms with Crippen molar-refractivity contribution in [3.05, 3.63) is 11.3 Å². The average molecular weight is 435 g/mol. The molecule has 1 aliphatic heterocycles. The molecule has 5 heteroatoms. The first kappa shape index (κ1) is 23.1. The Hall–Kier alpha value is -1.10. The Morgan fingerprint density at radius 3 is 2.48 bits per heavy atom. The fraction of sp³-hybridized carbons (Fsp3) is 0.885. The molecular formula is C26H43FN2O2. The molecule has 0 radical (unpaired) electrons. The van der Waals surface area contributed by atoms with Crippen LogP contribution in [0.1, 0.15) is 91.4 Å². The number of carbonyl (C=O) groups is 1. The number of fused-ring (bicyclic) bond motifs is 1. The molecule has 3 saturated carbocycles. The quantitative estimate of drug-likeness (QED) is 0.592. The van der Waals surface area contributed by atoms with Crippen molar-refractivity contribution in [2.24, 2.45) is 29.6 Å². The van der Waals surface area contributed by atoms with Crippen molar-refractivity contribution in [1.82, 2.24) is 10.6 Å². The number of halogens is 1. The van der Waals surface area contributed by atoms with Crippen LogP contribution in [-0.2, 0) is 4.79 Å². The maximum atomic E-state index is 14.2. The van der Waals surface area contributed by atoms with Gasteiger partial charge in [0.2, 0.25) is 5.91 Å². The van der Waals surface area contributed by atoms with Gasteiger partial charge in [0.15, 0.2) is 0 Å². The lowest BCUT2D eigenvalue weighted by molar-refractivity contribution is -0.127. The molecule has 4 aliphatic rings. The molecule has 0 bridgehead atoms. The molecule has 4 nitrogen and oxygen atoms in total. The fourth-order valence-electron chi connectivity index (χ4n) is 6.96. The SMILES string of the molecule is CC(C)C1=C(C2CCC(F)C(C)C2)C2CCC(O)CC2C(C(=O)NC2CCCCC2)N1. The van der Waals surface area contributed by atoms with Gasteiger partial charge < -0.3 is 15.7 Å². The molecular weight excluding hydrogens is 391 g/mol. The summed E-state index contributed by atoms with van der Waals surface area (Å²) in [6.07, 6.45) is 9.71.